The molecule has 1 aromatic carbocycles. The van der Waals surface area contributed by atoms with Crippen molar-refractivity contribution in [1.82, 2.24) is 5.32 Å². The Bertz CT molecular complexity index is 655. The molecule has 1 aliphatic heterocycles. The summed E-state index contributed by atoms with van der Waals surface area (Å²) in [5.41, 5.74) is 1.40. The van der Waals surface area contributed by atoms with Crippen molar-refractivity contribution in [1.29, 1.82) is 0 Å². The van der Waals surface area contributed by atoms with E-state index in [1.165, 1.54) is 18.4 Å². The van der Waals surface area contributed by atoms with Crippen molar-refractivity contribution in [2.75, 3.05) is 19.8 Å². The Balaban J connectivity index is 1.36. The number of benzene rings is 1. The minimum atomic E-state index is -0.852. The quantitative estimate of drug-likeness (QED) is 0.633. The van der Waals surface area contributed by atoms with Gasteiger partial charge in [-0.2, -0.15) is 0 Å². The van der Waals surface area contributed by atoms with E-state index in [0.29, 0.717) is 18.0 Å². The highest BCUT2D eigenvalue weighted by atomic mass is 16.6. The van der Waals surface area contributed by atoms with Crippen molar-refractivity contribution >= 4 is 11.9 Å². The topological polar surface area (TPSA) is 73.9 Å². The first-order valence-corrected chi connectivity index (χ1v) is 8.72. The number of carbonyl (C=O) groups is 2. The van der Waals surface area contributed by atoms with E-state index in [1.807, 2.05) is 6.07 Å². The molecule has 134 valence electrons. The predicted octanol–water partition coefficient (Wildman–Crippen LogP) is 2.38. The first kappa shape index (κ1) is 17.3. The number of fused-ring (bicyclic) bond motifs is 1. The molecule has 0 aromatic heterocycles. The fourth-order valence-corrected chi connectivity index (χ4v) is 2.91. The zero-order valence-electron chi connectivity index (χ0n) is 14.2. The number of hydrogen-bond donors (Lipinski definition) is 1. The molecule has 0 unspecified atom stereocenters. The number of para-hydroxylation sites is 2. The van der Waals surface area contributed by atoms with Crippen LogP contribution >= 0.6 is 0 Å². The molecule has 6 heteroatoms. The third-order valence-corrected chi connectivity index (χ3v) is 4.27. The Morgan fingerprint density at radius 3 is 2.84 bits per heavy atom. The van der Waals surface area contributed by atoms with E-state index in [1.54, 1.807) is 18.2 Å². The van der Waals surface area contributed by atoms with E-state index < -0.39 is 12.1 Å². The summed E-state index contributed by atoms with van der Waals surface area (Å²) in [5, 5.41) is 2.77. The lowest BCUT2D eigenvalue weighted by Gasteiger charge is -2.24. The van der Waals surface area contributed by atoms with E-state index in [2.05, 4.69) is 11.4 Å². The second-order valence-corrected chi connectivity index (χ2v) is 6.18. The van der Waals surface area contributed by atoms with Crippen LogP contribution in [0.1, 0.15) is 32.1 Å². The SMILES string of the molecule is O=C(COC(=O)[C@@H]1COc2ccccc2O1)NCCC1=CCCCC1. The Morgan fingerprint density at radius 1 is 1.20 bits per heavy atom. The average Bonchev–Trinajstić information content (AvgIpc) is 2.66. The zero-order chi connectivity index (χ0) is 17.5. The van der Waals surface area contributed by atoms with E-state index in [9.17, 15) is 9.59 Å². The van der Waals surface area contributed by atoms with Gasteiger partial charge in [0.1, 0.15) is 6.61 Å². The molecule has 3 rings (SSSR count). The van der Waals surface area contributed by atoms with Gasteiger partial charge in [-0.05, 0) is 44.2 Å². The Hall–Kier alpha value is -2.50. The summed E-state index contributed by atoms with van der Waals surface area (Å²) in [5.74, 6) is 0.198. The third kappa shape index (κ3) is 4.98. The minimum absolute atomic E-state index is 0.0750. The van der Waals surface area contributed by atoms with Gasteiger partial charge in [0.05, 0.1) is 0 Å². The lowest BCUT2D eigenvalue weighted by molar-refractivity contribution is -0.157. The van der Waals surface area contributed by atoms with Crippen LogP contribution in [-0.4, -0.2) is 37.7 Å². The van der Waals surface area contributed by atoms with Crippen LogP contribution < -0.4 is 14.8 Å². The fraction of sp³-hybridized carbons (Fsp3) is 0.474. The van der Waals surface area contributed by atoms with Gasteiger partial charge >= 0.3 is 5.97 Å². The van der Waals surface area contributed by atoms with Gasteiger partial charge in [0.25, 0.3) is 5.91 Å². The largest absolute Gasteiger partial charge is 0.485 e. The molecule has 0 fully saturated rings. The molecule has 0 bridgehead atoms. The second kappa shape index (κ2) is 8.55. The summed E-state index contributed by atoms with van der Waals surface area (Å²) in [7, 11) is 0. The summed E-state index contributed by atoms with van der Waals surface area (Å²) in [6, 6.07) is 7.12. The Morgan fingerprint density at radius 2 is 2.04 bits per heavy atom. The number of ether oxygens (including phenoxy) is 3. The van der Waals surface area contributed by atoms with Gasteiger partial charge < -0.3 is 19.5 Å². The van der Waals surface area contributed by atoms with Crippen LogP contribution in [0.25, 0.3) is 0 Å². The molecular weight excluding hydrogens is 322 g/mol. The number of nitrogens with one attached hydrogen (secondary N) is 1. The van der Waals surface area contributed by atoms with Gasteiger partial charge in [-0.1, -0.05) is 23.8 Å². The van der Waals surface area contributed by atoms with Crippen molar-refractivity contribution in [3.8, 4) is 11.5 Å². The molecule has 1 heterocycles. The smallest absolute Gasteiger partial charge is 0.351 e. The maximum atomic E-state index is 12.0. The van der Waals surface area contributed by atoms with Gasteiger partial charge in [-0.15, -0.1) is 0 Å². The van der Waals surface area contributed by atoms with Crippen LogP contribution in [-0.2, 0) is 14.3 Å². The van der Waals surface area contributed by atoms with Crippen LogP contribution in [0.4, 0.5) is 0 Å². The summed E-state index contributed by atoms with van der Waals surface area (Å²) < 4.78 is 16.0. The lowest BCUT2D eigenvalue weighted by atomic mass is 9.97. The van der Waals surface area contributed by atoms with E-state index in [4.69, 9.17) is 14.2 Å². The first-order valence-electron chi connectivity index (χ1n) is 8.72. The maximum Gasteiger partial charge on any atom is 0.351 e. The lowest BCUT2D eigenvalue weighted by Crippen LogP contribution is -2.39. The number of rotatable bonds is 6. The first-order chi connectivity index (χ1) is 12.2. The molecule has 6 nitrogen and oxygen atoms in total. The van der Waals surface area contributed by atoms with Gasteiger partial charge in [-0.25, -0.2) is 4.79 Å². The summed E-state index contributed by atoms with van der Waals surface area (Å²) >= 11 is 0. The summed E-state index contributed by atoms with van der Waals surface area (Å²) in [6.07, 6.45) is 6.99. The molecule has 0 saturated carbocycles. The van der Waals surface area contributed by atoms with Gasteiger partial charge in [0, 0.05) is 6.54 Å². The van der Waals surface area contributed by atoms with Crippen LogP contribution in [0.5, 0.6) is 11.5 Å². The Kier molecular flexibility index (Phi) is 5.93. The van der Waals surface area contributed by atoms with Gasteiger partial charge in [0.15, 0.2) is 18.1 Å². The highest BCUT2D eigenvalue weighted by molar-refractivity contribution is 5.82. The number of esters is 1. The standard InChI is InChI=1S/C19H23NO5/c21-18(20-11-10-14-6-2-1-3-7-14)13-24-19(22)17-12-23-15-8-4-5-9-16(15)25-17/h4-6,8-9,17H,1-3,7,10-13H2,(H,20,21)/t17-/m0/s1. The summed E-state index contributed by atoms with van der Waals surface area (Å²) in [4.78, 5) is 23.8. The molecule has 0 spiro atoms. The monoisotopic (exact) mass is 345 g/mol. The minimum Gasteiger partial charge on any atom is -0.485 e. The molecule has 1 aliphatic carbocycles. The van der Waals surface area contributed by atoms with E-state index in [0.717, 1.165) is 19.3 Å². The predicted molar refractivity (Wildman–Crippen MR) is 91.5 cm³/mol. The van der Waals surface area contributed by atoms with Crippen LogP contribution in [0, 0.1) is 0 Å². The summed E-state index contributed by atoms with van der Waals surface area (Å²) in [6.45, 7) is 0.337. The number of allylic oxidation sites excluding steroid dienone is 1. The maximum absolute atomic E-state index is 12.0. The van der Waals surface area contributed by atoms with Crippen molar-refractivity contribution in [2.45, 2.75) is 38.2 Å². The van der Waals surface area contributed by atoms with Crippen LogP contribution in [0.2, 0.25) is 0 Å². The third-order valence-electron chi connectivity index (χ3n) is 4.27. The van der Waals surface area contributed by atoms with Crippen molar-refractivity contribution in [3.63, 3.8) is 0 Å². The van der Waals surface area contributed by atoms with E-state index in [-0.39, 0.29) is 19.1 Å². The van der Waals surface area contributed by atoms with Crippen molar-refractivity contribution in [2.24, 2.45) is 0 Å². The van der Waals surface area contributed by atoms with Crippen molar-refractivity contribution in [3.05, 3.63) is 35.9 Å². The fourth-order valence-electron chi connectivity index (χ4n) is 2.91. The molecular formula is C19H23NO5. The molecule has 0 saturated heterocycles. The number of hydrogen-bond acceptors (Lipinski definition) is 5. The number of amides is 1. The second-order valence-electron chi connectivity index (χ2n) is 6.18. The van der Waals surface area contributed by atoms with Gasteiger partial charge in [-0.3, -0.25) is 4.79 Å². The number of carbonyl (C=O) groups excluding carboxylic acids is 2. The zero-order valence-corrected chi connectivity index (χ0v) is 14.2. The molecule has 1 amide bonds. The normalized spacial score (nSPS) is 18.9. The molecule has 0 radical (unpaired) electrons. The van der Waals surface area contributed by atoms with Crippen LogP contribution in [0.3, 0.4) is 0 Å². The average molecular weight is 345 g/mol. The molecule has 1 atom stereocenters. The van der Waals surface area contributed by atoms with Crippen LogP contribution in [0.15, 0.2) is 35.9 Å². The Labute approximate surface area is 147 Å². The highest BCUT2D eigenvalue weighted by Crippen LogP contribution is 2.31. The highest BCUT2D eigenvalue weighted by Gasteiger charge is 2.29. The van der Waals surface area contributed by atoms with Crippen molar-refractivity contribution < 1.29 is 23.8 Å². The van der Waals surface area contributed by atoms with Gasteiger partial charge in [0.2, 0.25) is 6.10 Å². The molecule has 1 aromatic rings. The molecule has 1 N–H and O–H groups in total. The molecule has 2 aliphatic rings. The molecule has 25 heavy (non-hydrogen) atoms. The van der Waals surface area contributed by atoms with E-state index >= 15 is 0 Å².